The number of imidazole rings is 1. The summed E-state index contributed by atoms with van der Waals surface area (Å²) >= 11 is 0. The Hall–Kier alpha value is -3.23. The van der Waals surface area contributed by atoms with E-state index in [9.17, 15) is 9.59 Å². The molecule has 1 atom stereocenters. The van der Waals surface area contributed by atoms with Gasteiger partial charge in [0.15, 0.2) is 5.65 Å². The lowest BCUT2D eigenvalue weighted by atomic mass is 9.80. The summed E-state index contributed by atoms with van der Waals surface area (Å²) in [5.41, 5.74) is 2.75. The predicted octanol–water partition coefficient (Wildman–Crippen LogP) is 2.42. The van der Waals surface area contributed by atoms with E-state index in [2.05, 4.69) is 24.7 Å². The Labute approximate surface area is 192 Å². The van der Waals surface area contributed by atoms with Crippen molar-refractivity contribution in [3.05, 3.63) is 41.2 Å². The molecule has 6 rings (SSSR count). The van der Waals surface area contributed by atoms with Gasteiger partial charge in [-0.2, -0.15) is 5.10 Å². The lowest BCUT2D eigenvalue weighted by Gasteiger charge is -2.46. The van der Waals surface area contributed by atoms with E-state index in [0.29, 0.717) is 28.7 Å². The summed E-state index contributed by atoms with van der Waals surface area (Å²) in [6, 6.07) is 1.88. The Morgan fingerprint density at radius 2 is 1.88 bits per heavy atom. The Morgan fingerprint density at radius 3 is 2.73 bits per heavy atom. The molecule has 2 amide bonds. The number of aromatic amines is 1. The zero-order valence-electron chi connectivity index (χ0n) is 19.0. The summed E-state index contributed by atoms with van der Waals surface area (Å²) in [6.45, 7) is 5.93. The van der Waals surface area contributed by atoms with Crippen LogP contribution in [0.25, 0.3) is 11.0 Å². The Kier molecular flexibility index (Phi) is 4.92. The van der Waals surface area contributed by atoms with Crippen molar-refractivity contribution in [3.63, 3.8) is 0 Å². The molecule has 2 fully saturated rings. The molecule has 9 heteroatoms. The Balaban J connectivity index is 1.08. The van der Waals surface area contributed by atoms with Gasteiger partial charge in [-0.15, -0.1) is 0 Å². The topological polar surface area (TPSA) is 100 Å². The molecule has 0 bridgehead atoms. The number of pyridine rings is 1. The maximum absolute atomic E-state index is 13.1. The largest absolute Gasteiger partial charge is 0.338 e. The number of aryl methyl sites for hydroxylation is 3. The molecule has 3 aliphatic heterocycles. The van der Waals surface area contributed by atoms with Crippen molar-refractivity contribution >= 4 is 22.8 Å². The van der Waals surface area contributed by atoms with Crippen molar-refractivity contribution in [3.8, 4) is 0 Å². The Morgan fingerprint density at radius 1 is 1.03 bits per heavy atom. The van der Waals surface area contributed by atoms with Crippen LogP contribution in [0.5, 0.6) is 0 Å². The summed E-state index contributed by atoms with van der Waals surface area (Å²) in [5.74, 6) is 2.00. The molecule has 3 aromatic heterocycles. The van der Waals surface area contributed by atoms with E-state index in [1.807, 2.05) is 29.0 Å². The average Bonchev–Trinajstić information content (AvgIpc) is 3.41. The standard InChI is InChI=1S/C24H29N7O2/c1-15-19-9-17(10-25-22(19)28-27-15)23(32)31-12-18(13-31)16-5-4-8-30(11-16)24(33)20-14-29-7-3-2-6-21(29)26-20/h9-10,14,16,18H,2-8,11-13H2,1H3,(H,25,27,28). The van der Waals surface area contributed by atoms with Crippen LogP contribution in [0.4, 0.5) is 0 Å². The zero-order chi connectivity index (χ0) is 22.5. The summed E-state index contributed by atoms with van der Waals surface area (Å²) < 4.78 is 2.14. The van der Waals surface area contributed by atoms with Crippen molar-refractivity contribution < 1.29 is 9.59 Å². The molecular formula is C24H29N7O2. The monoisotopic (exact) mass is 447 g/mol. The van der Waals surface area contributed by atoms with Gasteiger partial charge >= 0.3 is 0 Å². The van der Waals surface area contributed by atoms with Gasteiger partial charge in [0.05, 0.1) is 5.56 Å². The smallest absolute Gasteiger partial charge is 0.274 e. The van der Waals surface area contributed by atoms with Gasteiger partial charge in [-0.1, -0.05) is 0 Å². The fraction of sp³-hybridized carbons (Fsp3) is 0.542. The van der Waals surface area contributed by atoms with Crippen LogP contribution in [-0.4, -0.2) is 72.5 Å². The van der Waals surface area contributed by atoms with Crippen LogP contribution in [0.15, 0.2) is 18.5 Å². The highest BCUT2D eigenvalue weighted by Crippen LogP contribution is 2.32. The molecule has 3 aromatic rings. The van der Waals surface area contributed by atoms with Crippen LogP contribution in [0.1, 0.15) is 58.0 Å². The second kappa shape index (κ2) is 7.97. The van der Waals surface area contributed by atoms with Crippen LogP contribution >= 0.6 is 0 Å². The first-order valence-corrected chi connectivity index (χ1v) is 12.0. The van der Waals surface area contributed by atoms with Crippen LogP contribution in [0.3, 0.4) is 0 Å². The molecule has 0 aromatic carbocycles. The number of aromatic nitrogens is 5. The summed E-state index contributed by atoms with van der Waals surface area (Å²) in [7, 11) is 0. The SMILES string of the molecule is Cc1[nH]nc2ncc(C(=O)N3CC(C4CCCN(C(=O)c5cn6c(n5)CCCC6)C4)C3)cc12. The van der Waals surface area contributed by atoms with Crippen LogP contribution in [-0.2, 0) is 13.0 Å². The molecule has 172 valence electrons. The minimum Gasteiger partial charge on any atom is -0.338 e. The molecule has 1 N–H and O–H groups in total. The maximum Gasteiger partial charge on any atom is 0.274 e. The Bertz CT molecular complexity index is 1200. The lowest BCUT2D eigenvalue weighted by Crippen LogP contribution is -2.55. The number of rotatable bonds is 3. The summed E-state index contributed by atoms with van der Waals surface area (Å²) in [5, 5.41) is 7.94. The molecule has 6 heterocycles. The number of fused-ring (bicyclic) bond motifs is 2. The number of nitrogens with one attached hydrogen (secondary N) is 1. The van der Waals surface area contributed by atoms with Crippen LogP contribution in [0.2, 0.25) is 0 Å². The molecule has 33 heavy (non-hydrogen) atoms. The number of carbonyl (C=O) groups excluding carboxylic acids is 2. The molecule has 0 spiro atoms. The van der Waals surface area contributed by atoms with Crippen molar-refractivity contribution in [2.75, 3.05) is 26.2 Å². The molecule has 1 unspecified atom stereocenters. The number of piperidine rings is 1. The van der Waals surface area contributed by atoms with Gasteiger partial charge < -0.3 is 14.4 Å². The highest BCUT2D eigenvalue weighted by Gasteiger charge is 2.39. The molecule has 3 aliphatic rings. The van der Waals surface area contributed by atoms with Gasteiger partial charge in [-0.3, -0.25) is 14.7 Å². The van der Waals surface area contributed by atoms with E-state index >= 15 is 0 Å². The van der Waals surface area contributed by atoms with Gasteiger partial charge in [-0.25, -0.2) is 9.97 Å². The molecular weight excluding hydrogens is 418 g/mol. The third-order valence-electron chi connectivity index (χ3n) is 7.58. The van der Waals surface area contributed by atoms with Crippen molar-refractivity contribution in [1.82, 2.24) is 34.5 Å². The van der Waals surface area contributed by atoms with Gasteiger partial charge in [-0.05, 0) is 50.5 Å². The van der Waals surface area contributed by atoms with Gasteiger partial charge in [0.1, 0.15) is 11.5 Å². The third kappa shape index (κ3) is 3.59. The highest BCUT2D eigenvalue weighted by molar-refractivity contribution is 5.97. The van der Waals surface area contributed by atoms with E-state index in [1.54, 1.807) is 6.20 Å². The number of H-pyrrole nitrogens is 1. The van der Waals surface area contributed by atoms with E-state index in [1.165, 1.54) is 0 Å². The van der Waals surface area contributed by atoms with E-state index < -0.39 is 0 Å². The van der Waals surface area contributed by atoms with Crippen LogP contribution < -0.4 is 0 Å². The fourth-order valence-corrected chi connectivity index (χ4v) is 5.55. The number of carbonyl (C=O) groups is 2. The molecule has 0 saturated carbocycles. The summed E-state index contributed by atoms with van der Waals surface area (Å²) in [4.78, 5) is 38.9. The zero-order valence-corrected chi connectivity index (χ0v) is 19.0. The maximum atomic E-state index is 13.1. The quantitative estimate of drug-likeness (QED) is 0.665. The van der Waals surface area contributed by atoms with E-state index in [0.717, 1.165) is 81.7 Å². The first kappa shape index (κ1) is 20.4. The lowest BCUT2D eigenvalue weighted by molar-refractivity contribution is 0.0186. The van der Waals surface area contributed by atoms with E-state index in [4.69, 9.17) is 0 Å². The molecule has 9 nitrogen and oxygen atoms in total. The minimum absolute atomic E-state index is 0.0218. The number of hydrogen-bond donors (Lipinski definition) is 1. The molecule has 0 radical (unpaired) electrons. The second-order valence-corrected chi connectivity index (χ2v) is 9.76. The first-order valence-electron chi connectivity index (χ1n) is 12.0. The molecule has 0 aliphatic carbocycles. The predicted molar refractivity (Wildman–Crippen MR) is 122 cm³/mol. The van der Waals surface area contributed by atoms with Gasteiger partial charge in [0.25, 0.3) is 11.8 Å². The summed E-state index contributed by atoms with van der Waals surface area (Å²) in [6.07, 6.45) is 8.95. The number of nitrogens with zero attached hydrogens (tertiary/aromatic N) is 6. The van der Waals surface area contributed by atoms with Gasteiger partial charge in [0, 0.05) is 62.6 Å². The number of likely N-dealkylation sites (tertiary alicyclic amines) is 2. The fourth-order valence-electron chi connectivity index (χ4n) is 5.55. The van der Waals surface area contributed by atoms with E-state index in [-0.39, 0.29) is 11.8 Å². The third-order valence-corrected chi connectivity index (χ3v) is 7.58. The van der Waals surface area contributed by atoms with Gasteiger partial charge in [0.2, 0.25) is 0 Å². The van der Waals surface area contributed by atoms with Crippen molar-refractivity contribution in [1.29, 1.82) is 0 Å². The number of amides is 2. The molecule has 2 saturated heterocycles. The first-order chi connectivity index (χ1) is 16.1. The minimum atomic E-state index is 0.0218. The van der Waals surface area contributed by atoms with Crippen LogP contribution in [0, 0.1) is 18.8 Å². The normalized spacial score (nSPS) is 21.2. The second-order valence-electron chi connectivity index (χ2n) is 9.76. The van der Waals surface area contributed by atoms with Crippen molar-refractivity contribution in [2.45, 2.75) is 45.6 Å². The number of hydrogen-bond acceptors (Lipinski definition) is 5. The average molecular weight is 448 g/mol. The highest BCUT2D eigenvalue weighted by atomic mass is 16.2. The van der Waals surface area contributed by atoms with Crippen molar-refractivity contribution in [2.24, 2.45) is 11.8 Å².